The number of hydrogen-bond acceptors (Lipinski definition) is 5. The molecule has 1 aromatic carbocycles. The Kier molecular flexibility index (Phi) is 5.52. The van der Waals surface area contributed by atoms with Crippen molar-refractivity contribution >= 4 is 17.6 Å². The third-order valence-corrected chi connectivity index (χ3v) is 5.77. The van der Waals surface area contributed by atoms with Gasteiger partial charge in [0.05, 0.1) is 12.6 Å². The maximum atomic E-state index is 12.6. The number of aryl methyl sites for hydroxylation is 2. The molecule has 0 spiro atoms. The van der Waals surface area contributed by atoms with E-state index in [2.05, 4.69) is 21.7 Å². The van der Waals surface area contributed by atoms with E-state index in [-0.39, 0.29) is 12.1 Å². The lowest BCUT2D eigenvalue weighted by molar-refractivity contribution is 0.251. The van der Waals surface area contributed by atoms with E-state index in [1.165, 1.54) is 41.3 Å². The van der Waals surface area contributed by atoms with Crippen LogP contribution in [0.1, 0.15) is 41.5 Å². The number of hydrogen-bond donors (Lipinski definition) is 4. The topological polar surface area (TPSA) is 115 Å². The molecule has 7 nitrogen and oxygen atoms in total. The highest BCUT2D eigenvalue weighted by atomic mass is 16.5. The van der Waals surface area contributed by atoms with Crippen molar-refractivity contribution in [2.75, 3.05) is 25.0 Å². The first-order valence-corrected chi connectivity index (χ1v) is 10.2. The van der Waals surface area contributed by atoms with Crippen LogP contribution in [0.5, 0.6) is 0 Å². The number of ether oxygens (including phenoxy) is 1. The first kappa shape index (κ1) is 18.8. The van der Waals surface area contributed by atoms with E-state index >= 15 is 0 Å². The molecule has 3 aliphatic rings. The Morgan fingerprint density at radius 3 is 2.54 bits per heavy atom. The summed E-state index contributed by atoms with van der Waals surface area (Å²) in [4.78, 5) is 16.9. The van der Waals surface area contributed by atoms with Crippen LogP contribution < -0.4 is 22.1 Å². The number of carbonyl (C=O) groups is 1. The Hall–Kier alpha value is -2.54. The molecule has 1 atom stereocenters. The summed E-state index contributed by atoms with van der Waals surface area (Å²) in [5.41, 5.74) is 18.8. The van der Waals surface area contributed by atoms with Crippen LogP contribution in [-0.4, -0.2) is 37.7 Å². The molecule has 4 rings (SSSR count). The van der Waals surface area contributed by atoms with Gasteiger partial charge in [0.15, 0.2) is 0 Å². The number of nitrogens with one attached hydrogen (secondary N) is 2. The summed E-state index contributed by atoms with van der Waals surface area (Å²) >= 11 is 0. The van der Waals surface area contributed by atoms with Gasteiger partial charge in [-0.1, -0.05) is 6.07 Å². The minimum Gasteiger partial charge on any atom is -0.476 e. The number of fused-ring (bicyclic) bond motifs is 2. The number of benzene rings is 1. The van der Waals surface area contributed by atoms with Crippen molar-refractivity contribution < 1.29 is 9.53 Å². The minimum absolute atomic E-state index is 0.0685. The van der Waals surface area contributed by atoms with Crippen LogP contribution in [0, 0.1) is 0 Å². The van der Waals surface area contributed by atoms with E-state index < -0.39 is 0 Å². The molecule has 0 saturated carbocycles. The molecule has 0 bridgehead atoms. The van der Waals surface area contributed by atoms with Crippen molar-refractivity contribution in [1.82, 2.24) is 5.32 Å². The van der Waals surface area contributed by atoms with Gasteiger partial charge in [0.2, 0.25) is 5.90 Å². The summed E-state index contributed by atoms with van der Waals surface area (Å²) in [7, 11) is 0. The van der Waals surface area contributed by atoms with E-state index in [9.17, 15) is 4.79 Å². The molecule has 7 heteroatoms. The second kappa shape index (κ2) is 8.22. The average Bonchev–Trinajstić information content (AvgIpc) is 3.35. The quantitative estimate of drug-likeness (QED) is 0.620. The molecule has 0 radical (unpaired) electrons. The molecule has 1 heterocycles. The number of nitrogens with two attached hydrogens (primary N) is 2. The number of rotatable bonds is 5. The van der Waals surface area contributed by atoms with E-state index in [4.69, 9.17) is 16.2 Å². The van der Waals surface area contributed by atoms with Crippen LogP contribution in [-0.2, 0) is 30.4 Å². The summed E-state index contributed by atoms with van der Waals surface area (Å²) < 4.78 is 5.55. The van der Waals surface area contributed by atoms with Gasteiger partial charge in [-0.05, 0) is 67.2 Å². The number of amides is 2. The van der Waals surface area contributed by atoms with Gasteiger partial charge < -0.3 is 26.8 Å². The maximum absolute atomic E-state index is 12.6. The summed E-state index contributed by atoms with van der Waals surface area (Å²) in [5.74, 6) is 0.533. The number of urea groups is 1. The van der Waals surface area contributed by atoms with Crippen LogP contribution in [0.25, 0.3) is 0 Å². The highest BCUT2D eigenvalue weighted by molar-refractivity contribution is 5.94. The fourth-order valence-electron chi connectivity index (χ4n) is 4.38. The Morgan fingerprint density at radius 1 is 1.21 bits per heavy atom. The minimum atomic E-state index is -0.167. The fraction of sp³-hybridized carbons (Fsp3) is 0.524. The molecule has 28 heavy (non-hydrogen) atoms. The fourth-order valence-corrected chi connectivity index (χ4v) is 4.38. The van der Waals surface area contributed by atoms with Gasteiger partial charge in [-0.2, -0.15) is 0 Å². The van der Waals surface area contributed by atoms with Gasteiger partial charge in [-0.25, -0.2) is 9.79 Å². The Labute approximate surface area is 165 Å². The lowest BCUT2D eigenvalue weighted by Gasteiger charge is -2.20. The van der Waals surface area contributed by atoms with E-state index in [1.54, 1.807) is 0 Å². The Bertz CT molecular complexity index is 798. The highest BCUT2D eigenvalue weighted by Crippen LogP contribution is 2.38. The van der Waals surface area contributed by atoms with Gasteiger partial charge in [-0.3, -0.25) is 0 Å². The number of nitrogens with zero attached hydrogens (tertiary/aromatic N) is 1. The first-order valence-electron chi connectivity index (χ1n) is 10.2. The van der Waals surface area contributed by atoms with Crippen LogP contribution in [0.2, 0.25) is 0 Å². The molecule has 2 aliphatic carbocycles. The average molecular weight is 383 g/mol. The summed E-state index contributed by atoms with van der Waals surface area (Å²) in [6.45, 7) is 1.43. The normalized spacial score (nSPS) is 20.8. The lowest BCUT2D eigenvalue weighted by Crippen LogP contribution is -2.36. The molecule has 2 amide bonds. The Morgan fingerprint density at radius 2 is 1.93 bits per heavy atom. The SMILES string of the molecule is NC=C(CCNC(=O)Nc1c2c(cc3c1CCC3)CCC2)C1=NCC(N)CO1. The molecule has 6 N–H and O–H groups in total. The van der Waals surface area contributed by atoms with Crippen molar-refractivity contribution in [2.24, 2.45) is 16.5 Å². The van der Waals surface area contributed by atoms with E-state index in [0.717, 1.165) is 36.9 Å². The highest BCUT2D eigenvalue weighted by Gasteiger charge is 2.25. The molecular weight excluding hydrogens is 354 g/mol. The maximum Gasteiger partial charge on any atom is 0.319 e. The monoisotopic (exact) mass is 383 g/mol. The third kappa shape index (κ3) is 3.85. The Balaban J connectivity index is 1.36. The summed E-state index contributed by atoms with van der Waals surface area (Å²) in [6, 6.07) is 2.13. The first-order chi connectivity index (χ1) is 13.7. The number of carbonyl (C=O) groups excluding carboxylic acids is 1. The molecular formula is C21H29N5O2. The largest absolute Gasteiger partial charge is 0.476 e. The van der Waals surface area contributed by atoms with Crippen molar-refractivity contribution in [3.63, 3.8) is 0 Å². The predicted octanol–water partition coefficient (Wildman–Crippen LogP) is 1.77. The van der Waals surface area contributed by atoms with Crippen LogP contribution >= 0.6 is 0 Å². The zero-order chi connectivity index (χ0) is 19.5. The lowest BCUT2D eigenvalue weighted by atomic mass is 9.99. The smallest absolute Gasteiger partial charge is 0.319 e. The second-order valence-corrected chi connectivity index (χ2v) is 7.77. The zero-order valence-electron chi connectivity index (χ0n) is 16.2. The zero-order valence-corrected chi connectivity index (χ0v) is 16.2. The van der Waals surface area contributed by atoms with Crippen molar-refractivity contribution in [2.45, 2.75) is 51.0 Å². The van der Waals surface area contributed by atoms with Gasteiger partial charge in [0.1, 0.15) is 6.61 Å². The molecule has 0 saturated heterocycles. The van der Waals surface area contributed by atoms with Gasteiger partial charge >= 0.3 is 6.03 Å². The third-order valence-electron chi connectivity index (χ3n) is 5.77. The molecule has 1 unspecified atom stereocenters. The molecule has 1 aliphatic heterocycles. The molecule has 150 valence electrons. The second-order valence-electron chi connectivity index (χ2n) is 7.77. The van der Waals surface area contributed by atoms with Crippen LogP contribution in [0.15, 0.2) is 22.8 Å². The van der Waals surface area contributed by atoms with Crippen LogP contribution in [0.3, 0.4) is 0 Å². The summed E-state index contributed by atoms with van der Waals surface area (Å²) in [6.07, 6.45) is 8.74. The summed E-state index contributed by atoms with van der Waals surface area (Å²) in [5, 5.41) is 6.09. The van der Waals surface area contributed by atoms with Crippen LogP contribution in [0.4, 0.5) is 10.5 Å². The number of anilines is 1. The van der Waals surface area contributed by atoms with Gasteiger partial charge in [0, 0.05) is 24.0 Å². The van der Waals surface area contributed by atoms with Crippen molar-refractivity contribution in [1.29, 1.82) is 0 Å². The molecule has 0 fully saturated rings. The van der Waals surface area contributed by atoms with E-state index in [1.807, 2.05) is 0 Å². The van der Waals surface area contributed by atoms with Gasteiger partial charge in [-0.15, -0.1) is 0 Å². The molecule has 1 aromatic rings. The predicted molar refractivity (Wildman–Crippen MR) is 111 cm³/mol. The molecule has 0 aromatic heterocycles. The van der Waals surface area contributed by atoms with Gasteiger partial charge in [0.25, 0.3) is 0 Å². The van der Waals surface area contributed by atoms with E-state index in [0.29, 0.717) is 32.0 Å². The van der Waals surface area contributed by atoms with Crippen molar-refractivity contribution in [3.8, 4) is 0 Å². The number of aliphatic imine (C=N–C) groups is 1. The van der Waals surface area contributed by atoms with Crippen molar-refractivity contribution in [3.05, 3.63) is 40.1 Å². The standard InChI is InChI=1S/C21H29N5O2/c22-10-15(20-25-11-16(23)12-28-20)7-8-24-21(27)26-19-17-5-1-3-13(17)9-14-4-2-6-18(14)19/h9-10,16H,1-8,11-12,22-23H2,(H2,24,26,27).